The molecule has 0 heterocycles. The summed E-state index contributed by atoms with van der Waals surface area (Å²) in [6, 6.07) is 7.59. The van der Waals surface area contributed by atoms with Crippen LogP contribution in [0.25, 0.3) is 0 Å². The van der Waals surface area contributed by atoms with Crippen LogP contribution in [0.4, 0.5) is 23.2 Å². The Morgan fingerprint density at radius 2 is 1.70 bits per heavy atom. The Bertz CT molecular complexity index is 699. The SMILES string of the molecule is CN(C)Cc1cc(F)ccc1Sc1ccc(C(F)(F)F)cc1N. The first kappa shape index (κ1) is 17.6. The zero-order chi connectivity index (χ0) is 17.2. The van der Waals surface area contributed by atoms with Crippen LogP contribution in [0.5, 0.6) is 0 Å². The fourth-order valence-corrected chi connectivity index (χ4v) is 2.99. The summed E-state index contributed by atoms with van der Waals surface area (Å²) in [7, 11) is 3.71. The van der Waals surface area contributed by atoms with E-state index in [-0.39, 0.29) is 11.5 Å². The van der Waals surface area contributed by atoms with Crippen LogP contribution >= 0.6 is 11.8 Å². The molecule has 2 aromatic carbocycles. The average molecular weight is 344 g/mol. The molecule has 0 spiro atoms. The van der Waals surface area contributed by atoms with Gasteiger partial charge in [0.1, 0.15) is 5.82 Å². The number of alkyl halides is 3. The molecule has 0 atom stereocenters. The fraction of sp³-hybridized carbons (Fsp3) is 0.250. The molecule has 2 N–H and O–H groups in total. The van der Waals surface area contributed by atoms with Crippen LogP contribution < -0.4 is 5.73 Å². The minimum Gasteiger partial charge on any atom is -0.398 e. The molecule has 0 saturated carbocycles. The van der Waals surface area contributed by atoms with Crippen molar-refractivity contribution < 1.29 is 17.6 Å². The smallest absolute Gasteiger partial charge is 0.398 e. The number of halogens is 4. The lowest BCUT2D eigenvalue weighted by molar-refractivity contribution is -0.137. The number of hydrogen-bond acceptors (Lipinski definition) is 3. The summed E-state index contributed by atoms with van der Waals surface area (Å²) in [5.41, 5.74) is 5.75. The average Bonchev–Trinajstić information content (AvgIpc) is 2.42. The van der Waals surface area contributed by atoms with Gasteiger partial charge in [0.2, 0.25) is 0 Å². The number of rotatable bonds is 4. The lowest BCUT2D eigenvalue weighted by atomic mass is 10.2. The molecule has 0 fully saturated rings. The Morgan fingerprint density at radius 1 is 1.04 bits per heavy atom. The third-order valence-electron chi connectivity index (χ3n) is 3.07. The van der Waals surface area contributed by atoms with Gasteiger partial charge in [-0.15, -0.1) is 0 Å². The van der Waals surface area contributed by atoms with E-state index >= 15 is 0 Å². The van der Waals surface area contributed by atoms with Gasteiger partial charge >= 0.3 is 6.18 Å². The second kappa shape index (κ2) is 6.80. The second-order valence-electron chi connectivity index (χ2n) is 5.34. The molecule has 2 aromatic rings. The van der Waals surface area contributed by atoms with Crippen molar-refractivity contribution in [3.8, 4) is 0 Å². The first-order chi connectivity index (χ1) is 10.7. The van der Waals surface area contributed by atoms with E-state index < -0.39 is 11.7 Å². The molecule has 23 heavy (non-hydrogen) atoms. The van der Waals surface area contributed by atoms with E-state index in [0.29, 0.717) is 11.4 Å². The standard InChI is InChI=1S/C16H16F4N2S/c1-22(2)9-10-7-12(17)4-6-14(10)23-15-5-3-11(8-13(15)21)16(18,19)20/h3-8H,9,21H2,1-2H3. The molecule has 2 rings (SSSR count). The molecule has 7 heteroatoms. The number of anilines is 1. The monoisotopic (exact) mass is 344 g/mol. The Labute approximate surface area is 136 Å². The van der Waals surface area contributed by atoms with Gasteiger partial charge in [-0.2, -0.15) is 13.2 Å². The number of nitrogens with two attached hydrogens (primary N) is 1. The molecule has 0 bridgehead atoms. The van der Waals surface area contributed by atoms with Gasteiger partial charge in [-0.05, 0) is 56.1 Å². The van der Waals surface area contributed by atoms with Gasteiger partial charge in [0.05, 0.1) is 5.56 Å². The van der Waals surface area contributed by atoms with Gasteiger partial charge < -0.3 is 10.6 Å². The quantitative estimate of drug-likeness (QED) is 0.647. The Morgan fingerprint density at radius 3 is 2.26 bits per heavy atom. The zero-order valence-electron chi connectivity index (χ0n) is 12.6. The molecule has 0 aliphatic rings. The summed E-state index contributed by atoms with van der Waals surface area (Å²) in [5, 5.41) is 0. The third-order valence-corrected chi connectivity index (χ3v) is 4.28. The molecular formula is C16H16F4N2S. The van der Waals surface area contributed by atoms with Gasteiger partial charge in [-0.3, -0.25) is 0 Å². The number of nitrogen functional groups attached to an aromatic ring is 1. The number of hydrogen-bond donors (Lipinski definition) is 1. The maximum absolute atomic E-state index is 13.4. The van der Waals surface area contributed by atoms with E-state index in [1.807, 2.05) is 19.0 Å². The first-order valence-corrected chi connectivity index (χ1v) is 7.56. The van der Waals surface area contributed by atoms with Gasteiger partial charge in [-0.1, -0.05) is 11.8 Å². The van der Waals surface area contributed by atoms with Gasteiger partial charge in [0, 0.05) is 22.0 Å². The molecule has 0 unspecified atom stereocenters. The first-order valence-electron chi connectivity index (χ1n) is 6.74. The predicted octanol–water partition coefficient (Wildman–Crippen LogP) is 4.64. The molecular weight excluding hydrogens is 328 g/mol. The van der Waals surface area contributed by atoms with Crippen LogP contribution in [0.1, 0.15) is 11.1 Å². The second-order valence-corrected chi connectivity index (χ2v) is 6.43. The highest BCUT2D eigenvalue weighted by molar-refractivity contribution is 7.99. The normalized spacial score (nSPS) is 12.0. The van der Waals surface area contributed by atoms with Gasteiger partial charge in [0.25, 0.3) is 0 Å². The molecule has 0 aromatic heterocycles. The summed E-state index contributed by atoms with van der Waals surface area (Å²) >= 11 is 1.23. The van der Waals surface area contributed by atoms with Crippen LogP contribution in [0.3, 0.4) is 0 Å². The van der Waals surface area contributed by atoms with Gasteiger partial charge in [-0.25, -0.2) is 4.39 Å². The summed E-state index contributed by atoms with van der Waals surface area (Å²) < 4.78 is 51.4. The Balaban J connectivity index is 2.32. The van der Waals surface area contributed by atoms with Gasteiger partial charge in [0.15, 0.2) is 0 Å². The molecule has 124 valence electrons. The molecule has 0 radical (unpaired) electrons. The van der Waals surface area contributed by atoms with Crippen molar-refractivity contribution in [2.75, 3.05) is 19.8 Å². The van der Waals surface area contributed by atoms with E-state index in [1.165, 1.54) is 30.0 Å². The van der Waals surface area contributed by atoms with E-state index in [9.17, 15) is 17.6 Å². The Kier molecular flexibility index (Phi) is 5.21. The maximum Gasteiger partial charge on any atom is 0.416 e. The summed E-state index contributed by atoms with van der Waals surface area (Å²) in [6.45, 7) is 0.515. The Hall–Kier alpha value is -1.73. The number of benzene rings is 2. The van der Waals surface area contributed by atoms with E-state index in [2.05, 4.69) is 0 Å². The predicted molar refractivity (Wildman–Crippen MR) is 83.8 cm³/mol. The van der Waals surface area contributed by atoms with Crippen molar-refractivity contribution in [3.05, 3.63) is 53.3 Å². The molecule has 0 saturated heterocycles. The highest BCUT2D eigenvalue weighted by Crippen LogP contribution is 2.38. The zero-order valence-corrected chi connectivity index (χ0v) is 13.4. The lowest BCUT2D eigenvalue weighted by Gasteiger charge is -2.15. The number of nitrogens with zero attached hydrogens (tertiary/aromatic N) is 1. The minimum absolute atomic E-state index is 0.0463. The van der Waals surface area contributed by atoms with Crippen molar-refractivity contribution in [2.24, 2.45) is 0 Å². The highest BCUT2D eigenvalue weighted by Gasteiger charge is 2.30. The van der Waals surface area contributed by atoms with Crippen molar-refractivity contribution in [1.29, 1.82) is 0 Å². The van der Waals surface area contributed by atoms with Crippen LogP contribution in [0, 0.1) is 5.82 Å². The van der Waals surface area contributed by atoms with Crippen molar-refractivity contribution in [2.45, 2.75) is 22.5 Å². The van der Waals surface area contributed by atoms with E-state index in [1.54, 1.807) is 6.07 Å². The van der Waals surface area contributed by atoms with E-state index in [0.717, 1.165) is 22.6 Å². The van der Waals surface area contributed by atoms with E-state index in [4.69, 9.17) is 5.73 Å². The minimum atomic E-state index is -4.43. The fourth-order valence-electron chi connectivity index (χ4n) is 2.05. The summed E-state index contributed by atoms with van der Waals surface area (Å²) in [4.78, 5) is 3.14. The van der Waals surface area contributed by atoms with Crippen molar-refractivity contribution in [1.82, 2.24) is 4.90 Å². The van der Waals surface area contributed by atoms with Crippen LogP contribution in [0.2, 0.25) is 0 Å². The topological polar surface area (TPSA) is 29.3 Å². The summed E-state index contributed by atoms with van der Waals surface area (Å²) in [5.74, 6) is -0.355. The largest absolute Gasteiger partial charge is 0.416 e. The van der Waals surface area contributed by atoms with Crippen molar-refractivity contribution in [3.63, 3.8) is 0 Å². The molecule has 2 nitrogen and oxygen atoms in total. The van der Waals surface area contributed by atoms with Crippen molar-refractivity contribution >= 4 is 17.4 Å². The molecule has 0 amide bonds. The van der Waals surface area contributed by atoms with Crippen LogP contribution in [-0.4, -0.2) is 19.0 Å². The van der Waals surface area contributed by atoms with Crippen LogP contribution in [0.15, 0.2) is 46.2 Å². The summed E-state index contributed by atoms with van der Waals surface area (Å²) in [6.07, 6.45) is -4.43. The highest BCUT2D eigenvalue weighted by atomic mass is 32.2. The van der Waals surface area contributed by atoms with Crippen LogP contribution in [-0.2, 0) is 12.7 Å². The maximum atomic E-state index is 13.4. The molecule has 0 aliphatic carbocycles. The molecule has 0 aliphatic heterocycles. The lowest BCUT2D eigenvalue weighted by Crippen LogP contribution is -2.11. The third kappa shape index (κ3) is 4.62.